The van der Waals surface area contributed by atoms with Crippen molar-refractivity contribution in [3.8, 4) is 17.2 Å². The number of amides is 1. The highest BCUT2D eigenvalue weighted by Crippen LogP contribution is 2.37. The molecule has 0 radical (unpaired) electrons. The molecule has 1 aromatic heterocycles. The highest BCUT2D eigenvalue weighted by molar-refractivity contribution is 5.95. The average molecular weight is 343 g/mol. The SMILES string of the molecule is N#Cc1cccc(CNC(=O)c2ccc3c(c2)Cc2c-3ccnc2F)c1. The first-order valence-corrected chi connectivity index (χ1v) is 8.19. The average Bonchev–Trinajstić information content (AvgIpc) is 3.05. The van der Waals surface area contributed by atoms with Crippen LogP contribution in [0, 0.1) is 17.3 Å². The molecule has 26 heavy (non-hydrogen) atoms. The van der Waals surface area contributed by atoms with Gasteiger partial charge in [-0.3, -0.25) is 4.79 Å². The topological polar surface area (TPSA) is 65.8 Å². The predicted molar refractivity (Wildman–Crippen MR) is 94.8 cm³/mol. The molecule has 0 fully saturated rings. The third kappa shape index (κ3) is 2.82. The van der Waals surface area contributed by atoms with E-state index in [0.717, 1.165) is 22.3 Å². The lowest BCUT2D eigenvalue weighted by atomic mass is 10.0. The van der Waals surface area contributed by atoms with E-state index in [1.165, 1.54) is 6.20 Å². The Kier molecular flexibility index (Phi) is 3.94. The lowest BCUT2D eigenvalue weighted by molar-refractivity contribution is 0.0951. The maximum absolute atomic E-state index is 13.9. The van der Waals surface area contributed by atoms with Crippen molar-refractivity contribution in [3.63, 3.8) is 0 Å². The van der Waals surface area contributed by atoms with Crippen molar-refractivity contribution in [2.45, 2.75) is 13.0 Å². The number of rotatable bonds is 3. The first-order chi connectivity index (χ1) is 12.7. The number of hydrogen-bond donors (Lipinski definition) is 1. The van der Waals surface area contributed by atoms with E-state index in [9.17, 15) is 9.18 Å². The van der Waals surface area contributed by atoms with Gasteiger partial charge in [-0.2, -0.15) is 9.65 Å². The summed E-state index contributed by atoms with van der Waals surface area (Å²) >= 11 is 0. The van der Waals surface area contributed by atoms with Crippen LogP contribution in [0.25, 0.3) is 11.1 Å². The Morgan fingerprint density at radius 2 is 2.08 bits per heavy atom. The van der Waals surface area contributed by atoms with Crippen molar-refractivity contribution < 1.29 is 9.18 Å². The van der Waals surface area contributed by atoms with Gasteiger partial charge in [0, 0.05) is 30.3 Å². The minimum absolute atomic E-state index is 0.204. The van der Waals surface area contributed by atoms with Gasteiger partial charge >= 0.3 is 0 Å². The van der Waals surface area contributed by atoms with Crippen LogP contribution in [-0.2, 0) is 13.0 Å². The Labute approximate surface area is 149 Å². The Morgan fingerprint density at radius 1 is 1.19 bits per heavy atom. The van der Waals surface area contributed by atoms with Crippen LogP contribution in [0.4, 0.5) is 4.39 Å². The normalized spacial score (nSPS) is 11.4. The number of carbonyl (C=O) groups excluding carboxylic acids is 1. The first-order valence-electron chi connectivity index (χ1n) is 8.19. The highest BCUT2D eigenvalue weighted by atomic mass is 19.1. The summed E-state index contributed by atoms with van der Waals surface area (Å²) in [6, 6.07) is 16.4. The molecule has 2 aromatic carbocycles. The van der Waals surface area contributed by atoms with E-state index >= 15 is 0 Å². The van der Waals surface area contributed by atoms with Gasteiger partial charge in [-0.1, -0.05) is 18.2 Å². The van der Waals surface area contributed by atoms with Gasteiger partial charge in [0.15, 0.2) is 0 Å². The molecular formula is C21H14FN3O. The quantitative estimate of drug-likeness (QED) is 0.578. The molecule has 3 aromatic rings. The Balaban J connectivity index is 1.52. The van der Waals surface area contributed by atoms with Crippen molar-refractivity contribution in [2.75, 3.05) is 0 Å². The second kappa shape index (κ2) is 6.41. The van der Waals surface area contributed by atoms with Crippen LogP contribution in [0.15, 0.2) is 54.7 Å². The molecule has 0 saturated carbocycles. The second-order valence-corrected chi connectivity index (χ2v) is 6.17. The molecule has 4 rings (SSSR count). The van der Waals surface area contributed by atoms with Gasteiger partial charge in [-0.25, -0.2) is 4.98 Å². The van der Waals surface area contributed by atoms with E-state index in [2.05, 4.69) is 16.4 Å². The molecule has 0 saturated heterocycles. The van der Waals surface area contributed by atoms with Crippen LogP contribution < -0.4 is 5.32 Å². The molecule has 1 N–H and O–H groups in total. The number of carbonyl (C=O) groups is 1. The highest BCUT2D eigenvalue weighted by Gasteiger charge is 2.23. The fourth-order valence-corrected chi connectivity index (χ4v) is 3.26. The summed E-state index contributed by atoms with van der Waals surface area (Å²) in [7, 11) is 0. The van der Waals surface area contributed by atoms with Crippen molar-refractivity contribution in [1.29, 1.82) is 5.26 Å². The second-order valence-electron chi connectivity index (χ2n) is 6.17. The number of pyridine rings is 1. The fourth-order valence-electron chi connectivity index (χ4n) is 3.26. The number of hydrogen-bond acceptors (Lipinski definition) is 3. The van der Waals surface area contributed by atoms with E-state index in [1.807, 2.05) is 12.1 Å². The standard InChI is InChI=1S/C21H14FN3O/c22-20-19-10-16-9-15(4-5-17(16)18(19)6-7-24-20)21(26)25-12-14-3-1-2-13(8-14)11-23/h1-9H,10,12H2,(H,25,26). The Bertz CT molecular complexity index is 1070. The predicted octanol–water partition coefficient (Wildman–Crippen LogP) is 3.59. The molecule has 0 spiro atoms. The van der Waals surface area contributed by atoms with Crippen molar-refractivity contribution in [2.24, 2.45) is 0 Å². The minimum Gasteiger partial charge on any atom is -0.348 e. The summed E-state index contributed by atoms with van der Waals surface area (Å²) in [5.41, 5.74) is 5.23. The molecule has 4 nitrogen and oxygen atoms in total. The summed E-state index contributed by atoms with van der Waals surface area (Å²) in [5, 5.41) is 11.8. The zero-order valence-corrected chi connectivity index (χ0v) is 13.8. The number of fused-ring (bicyclic) bond motifs is 3. The van der Waals surface area contributed by atoms with Gasteiger partial charge in [0.2, 0.25) is 5.95 Å². The largest absolute Gasteiger partial charge is 0.348 e. The Hall–Kier alpha value is -3.52. The third-order valence-corrected chi connectivity index (χ3v) is 4.54. The van der Waals surface area contributed by atoms with Gasteiger partial charge in [-0.15, -0.1) is 0 Å². The van der Waals surface area contributed by atoms with Gasteiger partial charge in [0.1, 0.15) is 0 Å². The van der Waals surface area contributed by atoms with E-state index in [4.69, 9.17) is 5.26 Å². The molecule has 1 aliphatic rings. The summed E-state index contributed by atoms with van der Waals surface area (Å²) in [6.07, 6.45) is 1.90. The number of nitrogens with zero attached hydrogens (tertiary/aromatic N) is 2. The summed E-state index contributed by atoms with van der Waals surface area (Å²) in [6.45, 7) is 0.338. The summed E-state index contributed by atoms with van der Waals surface area (Å²) in [5.74, 6) is -0.660. The zero-order valence-electron chi connectivity index (χ0n) is 13.8. The number of aromatic nitrogens is 1. The van der Waals surface area contributed by atoms with Crippen LogP contribution in [0.2, 0.25) is 0 Å². The molecular weight excluding hydrogens is 329 g/mol. The molecule has 5 heteroatoms. The van der Waals surface area contributed by atoms with Crippen LogP contribution in [-0.4, -0.2) is 10.9 Å². The van der Waals surface area contributed by atoms with Crippen molar-refractivity contribution in [1.82, 2.24) is 10.3 Å². The zero-order chi connectivity index (χ0) is 18.1. The summed E-state index contributed by atoms with van der Waals surface area (Å²) < 4.78 is 13.9. The van der Waals surface area contributed by atoms with Crippen LogP contribution in [0.5, 0.6) is 0 Å². The number of halogens is 1. The molecule has 0 atom stereocenters. The van der Waals surface area contributed by atoms with E-state index in [1.54, 1.807) is 36.4 Å². The summed E-state index contributed by atoms with van der Waals surface area (Å²) in [4.78, 5) is 16.1. The van der Waals surface area contributed by atoms with Crippen LogP contribution >= 0.6 is 0 Å². The van der Waals surface area contributed by atoms with E-state index in [0.29, 0.717) is 29.7 Å². The van der Waals surface area contributed by atoms with Gasteiger partial charge in [-0.05, 0) is 52.6 Å². The van der Waals surface area contributed by atoms with Crippen LogP contribution in [0.3, 0.4) is 0 Å². The Morgan fingerprint density at radius 3 is 2.92 bits per heavy atom. The van der Waals surface area contributed by atoms with Crippen molar-refractivity contribution in [3.05, 3.63) is 88.5 Å². The monoisotopic (exact) mass is 343 g/mol. The molecule has 126 valence electrons. The maximum Gasteiger partial charge on any atom is 0.251 e. The molecule has 1 heterocycles. The molecule has 0 bridgehead atoms. The van der Waals surface area contributed by atoms with Crippen LogP contribution in [0.1, 0.15) is 32.6 Å². The van der Waals surface area contributed by atoms with E-state index in [-0.39, 0.29) is 5.91 Å². The number of nitrogens with one attached hydrogen (secondary N) is 1. The molecule has 0 aliphatic heterocycles. The van der Waals surface area contributed by atoms with E-state index < -0.39 is 5.95 Å². The minimum atomic E-state index is -0.456. The van der Waals surface area contributed by atoms with Gasteiger partial charge in [0.25, 0.3) is 5.91 Å². The number of benzene rings is 2. The molecule has 0 unspecified atom stereocenters. The lowest BCUT2D eigenvalue weighted by Gasteiger charge is -2.08. The lowest BCUT2D eigenvalue weighted by Crippen LogP contribution is -2.22. The third-order valence-electron chi connectivity index (χ3n) is 4.54. The fraction of sp³-hybridized carbons (Fsp3) is 0.0952. The molecule has 1 amide bonds. The van der Waals surface area contributed by atoms with Gasteiger partial charge < -0.3 is 5.32 Å². The van der Waals surface area contributed by atoms with Crippen molar-refractivity contribution >= 4 is 5.91 Å². The number of nitriles is 1. The first kappa shape index (κ1) is 16.0. The maximum atomic E-state index is 13.9. The van der Waals surface area contributed by atoms with Gasteiger partial charge in [0.05, 0.1) is 11.6 Å². The smallest absolute Gasteiger partial charge is 0.251 e. The molecule has 1 aliphatic carbocycles.